The third-order valence-corrected chi connectivity index (χ3v) is 6.71. The van der Waals surface area contributed by atoms with Crippen LogP contribution in [0.1, 0.15) is 49.4 Å². The van der Waals surface area contributed by atoms with Crippen molar-refractivity contribution in [1.29, 1.82) is 0 Å². The largest absolute Gasteiger partial charge is 0.462 e. The van der Waals surface area contributed by atoms with E-state index >= 15 is 0 Å². The van der Waals surface area contributed by atoms with Crippen LogP contribution in [0.4, 0.5) is 8.78 Å². The highest BCUT2D eigenvalue weighted by Gasteiger charge is 2.51. The third-order valence-electron chi connectivity index (χ3n) is 6.71. The van der Waals surface area contributed by atoms with Gasteiger partial charge in [0.25, 0.3) is 0 Å². The number of alkyl halides is 2. The summed E-state index contributed by atoms with van der Waals surface area (Å²) in [5, 5.41) is 0. The number of esters is 2. The molecule has 0 aromatic heterocycles. The molecule has 2 aromatic rings. The standard InChI is InChI=1S/C28H28F2O5/c1-2-3-15-28(29,30)25(31)14-13-21-22-16-26(32)34-24(22)17-23(21)35-27(33)20-11-9-19(10-12-20)18-7-5-4-6-8-18/h4-14,21-24H,2-3,15-17H2,1H3. The van der Waals surface area contributed by atoms with Crippen molar-refractivity contribution in [3.05, 3.63) is 72.3 Å². The molecule has 0 amide bonds. The number of carbonyl (C=O) groups excluding carboxylic acids is 3. The Bertz CT molecular complexity index is 1090. The van der Waals surface area contributed by atoms with E-state index in [2.05, 4.69) is 0 Å². The van der Waals surface area contributed by atoms with E-state index in [1.54, 1.807) is 19.1 Å². The van der Waals surface area contributed by atoms with Crippen LogP contribution < -0.4 is 0 Å². The SMILES string of the molecule is CCCCC(F)(F)C(=O)C=CC1C(OC(=O)c2ccc(-c3ccccc3)cc2)CC2OC(=O)CC21. The summed E-state index contributed by atoms with van der Waals surface area (Å²) in [4.78, 5) is 36.8. The molecular formula is C28H28F2O5. The molecule has 5 nitrogen and oxygen atoms in total. The minimum Gasteiger partial charge on any atom is -0.462 e. The van der Waals surface area contributed by atoms with E-state index in [1.165, 1.54) is 6.08 Å². The van der Waals surface area contributed by atoms with Crippen molar-refractivity contribution < 1.29 is 32.6 Å². The maximum absolute atomic E-state index is 14.1. The number of unbranched alkanes of at least 4 members (excludes halogenated alkanes) is 1. The first-order chi connectivity index (χ1) is 16.8. The molecule has 1 heterocycles. The van der Waals surface area contributed by atoms with Crippen molar-refractivity contribution in [2.24, 2.45) is 11.8 Å². The quantitative estimate of drug-likeness (QED) is 0.335. The first kappa shape index (κ1) is 24.8. The molecular weight excluding hydrogens is 454 g/mol. The van der Waals surface area contributed by atoms with E-state index in [0.29, 0.717) is 12.0 Å². The Hall–Kier alpha value is -3.35. The summed E-state index contributed by atoms with van der Waals surface area (Å²) in [5.41, 5.74) is 2.32. The lowest BCUT2D eigenvalue weighted by atomic mass is 9.91. The number of ether oxygens (including phenoxy) is 2. The molecule has 4 atom stereocenters. The van der Waals surface area contributed by atoms with Crippen LogP contribution in [0.15, 0.2) is 66.7 Å². The van der Waals surface area contributed by atoms with Crippen LogP contribution in [0.3, 0.4) is 0 Å². The average molecular weight is 483 g/mol. The van der Waals surface area contributed by atoms with Gasteiger partial charge in [0, 0.05) is 24.7 Å². The predicted octanol–water partition coefficient (Wildman–Crippen LogP) is 5.78. The first-order valence-electron chi connectivity index (χ1n) is 11.9. The zero-order valence-corrected chi connectivity index (χ0v) is 19.5. The molecule has 4 unspecified atom stereocenters. The van der Waals surface area contributed by atoms with Crippen LogP contribution in [0.2, 0.25) is 0 Å². The van der Waals surface area contributed by atoms with Crippen LogP contribution >= 0.6 is 0 Å². The Labute approximate surface area is 203 Å². The van der Waals surface area contributed by atoms with Gasteiger partial charge in [-0.25, -0.2) is 4.79 Å². The highest BCUT2D eigenvalue weighted by molar-refractivity contribution is 5.95. The van der Waals surface area contributed by atoms with Crippen LogP contribution in [-0.2, 0) is 19.1 Å². The number of allylic oxidation sites excluding steroid dienone is 1. The number of rotatable bonds is 9. The molecule has 0 N–H and O–H groups in total. The van der Waals surface area contributed by atoms with Crippen molar-refractivity contribution >= 4 is 17.7 Å². The van der Waals surface area contributed by atoms with Crippen molar-refractivity contribution in [2.45, 2.75) is 57.2 Å². The molecule has 1 aliphatic heterocycles. The number of hydrogen-bond donors (Lipinski definition) is 0. The Balaban J connectivity index is 1.47. The van der Waals surface area contributed by atoms with Crippen LogP contribution in [-0.4, -0.2) is 35.9 Å². The zero-order chi connectivity index (χ0) is 25.0. The van der Waals surface area contributed by atoms with Gasteiger partial charge in [0.1, 0.15) is 12.2 Å². The molecule has 2 aromatic carbocycles. The van der Waals surface area contributed by atoms with E-state index in [-0.39, 0.29) is 31.1 Å². The number of hydrogen-bond acceptors (Lipinski definition) is 5. The molecule has 1 aliphatic carbocycles. The molecule has 1 saturated carbocycles. The van der Waals surface area contributed by atoms with Gasteiger partial charge in [0.15, 0.2) is 0 Å². The second-order valence-electron chi connectivity index (χ2n) is 9.13. The number of carbonyl (C=O) groups is 3. The van der Waals surface area contributed by atoms with Crippen molar-refractivity contribution in [2.75, 3.05) is 0 Å². The van der Waals surface area contributed by atoms with Crippen molar-refractivity contribution in [1.82, 2.24) is 0 Å². The summed E-state index contributed by atoms with van der Waals surface area (Å²) in [7, 11) is 0. The van der Waals surface area contributed by atoms with Crippen molar-refractivity contribution in [3.63, 3.8) is 0 Å². The minimum absolute atomic E-state index is 0.0971. The Morgan fingerprint density at radius 2 is 1.77 bits per heavy atom. The number of halogens is 2. The second-order valence-corrected chi connectivity index (χ2v) is 9.13. The molecule has 35 heavy (non-hydrogen) atoms. The molecule has 2 fully saturated rings. The lowest BCUT2D eigenvalue weighted by molar-refractivity contribution is -0.142. The van der Waals surface area contributed by atoms with Gasteiger partial charge in [-0.15, -0.1) is 0 Å². The summed E-state index contributed by atoms with van der Waals surface area (Å²) in [6.07, 6.45) is 1.74. The molecule has 1 saturated heterocycles. The molecule has 184 valence electrons. The number of ketones is 1. The topological polar surface area (TPSA) is 69.7 Å². The van der Waals surface area contributed by atoms with Crippen LogP contribution in [0, 0.1) is 11.8 Å². The summed E-state index contributed by atoms with van der Waals surface area (Å²) in [6.45, 7) is 1.78. The zero-order valence-electron chi connectivity index (χ0n) is 19.5. The Kier molecular flexibility index (Phi) is 7.43. The van der Waals surface area contributed by atoms with E-state index in [4.69, 9.17) is 9.47 Å². The van der Waals surface area contributed by atoms with Gasteiger partial charge in [-0.1, -0.05) is 61.9 Å². The van der Waals surface area contributed by atoms with Gasteiger partial charge < -0.3 is 9.47 Å². The molecule has 2 aliphatic rings. The molecule has 0 radical (unpaired) electrons. The lowest BCUT2D eigenvalue weighted by Gasteiger charge is -2.20. The molecule has 0 spiro atoms. The monoisotopic (exact) mass is 482 g/mol. The highest BCUT2D eigenvalue weighted by atomic mass is 19.3. The first-order valence-corrected chi connectivity index (χ1v) is 11.9. The maximum Gasteiger partial charge on any atom is 0.338 e. The van der Waals surface area contributed by atoms with Crippen LogP contribution in [0.5, 0.6) is 0 Å². The molecule has 4 rings (SSSR count). The maximum atomic E-state index is 14.1. The molecule has 7 heteroatoms. The fraction of sp³-hybridized carbons (Fsp3) is 0.393. The van der Waals surface area contributed by atoms with Gasteiger partial charge >= 0.3 is 17.9 Å². The summed E-state index contributed by atoms with van der Waals surface area (Å²) in [6, 6.07) is 16.7. The Morgan fingerprint density at radius 1 is 1.09 bits per heavy atom. The fourth-order valence-electron chi connectivity index (χ4n) is 4.77. The van der Waals surface area contributed by atoms with Crippen LogP contribution in [0.25, 0.3) is 11.1 Å². The fourth-order valence-corrected chi connectivity index (χ4v) is 4.77. The minimum atomic E-state index is -3.45. The molecule has 0 bridgehead atoms. The van der Waals surface area contributed by atoms with Gasteiger partial charge in [0.2, 0.25) is 5.78 Å². The van der Waals surface area contributed by atoms with E-state index in [0.717, 1.165) is 17.2 Å². The lowest BCUT2D eigenvalue weighted by Crippen LogP contribution is -2.28. The number of fused-ring (bicyclic) bond motifs is 1. The van der Waals surface area contributed by atoms with Gasteiger partial charge in [0.05, 0.1) is 12.0 Å². The van der Waals surface area contributed by atoms with E-state index in [1.807, 2.05) is 42.5 Å². The smallest absolute Gasteiger partial charge is 0.338 e. The summed E-state index contributed by atoms with van der Waals surface area (Å²) in [5.74, 6) is -6.54. The van der Waals surface area contributed by atoms with Gasteiger partial charge in [-0.2, -0.15) is 8.78 Å². The van der Waals surface area contributed by atoms with E-state index in [9.17, 15) is 23.2 Å². The predicted molar refractivity (Wildman–Crippen MR) is 126 cm³/mol. The second kappa shape index (κ2) is 10.5. The number of benzene rings is 2. The Morgan fingerprint density at radius 3 is 2.46 bits per heavy atom. The van der Waals surface area contributed by atoms with Gasteiger partial charge in [-0.3, -0.25) is 9.59 Å². The summed E-state index contributed by atoms with van der Waals surface area (Å²) >= 11 is 0. The third kappa shape index (κ3) is 5.66. The highest BCUT2D eigenvalue weighted by Crippen LogP contribution is 2.44. The van der Waals surface area contributed by atoms with Crippen molar-refractivity contribution in [3.8, 4) is 11.1 Å². The summed E-state index contributed by atoms with van der Waals surface area (Å²) < 4.78 is 39.3. The normalized spacial score (nSPS) is 23.8. The van der Waals surface area contributed by atoms with Gasteiger partial charge in [-0.05, 0) is 35.8 Å². The average Bonchev–Trinajstić information content (AvgIpc) is 3.37. The van der Waals surface area contributed by atoms with E-state index < -0.39 is 42.2 Å².